The Morgan fingerprint density at radius 2 is 1.59 bits per heavy atom. The lowest BCUT2D eigenvalue weighted by Crippen LogP contribution is -2.65. The van der Waals surface area contributed by atoms with Crippen LogP contribution in [0.5, 0.6) is 0 Å². The Kier molecular flexibility index (Phi) is 9.05. The second kappa shape index (κ2) is 12.3. The third-order valence-electron chi connectivity index (χ3n) is 15.4. The van der Waals surface area contributed by atoms with E-state index in [2.05, 4.69) is 72.4 Å². The number of rotatable bonds is 6. The lowest BCUT2D eigenvalue weighted by Gasteiger charge is -2.72. The van der Waals surface area contributed by atoms with Crippen molar-refractivity contribution < 1.29 is 19.1 Å². The van der Waals surface area contributed by atoms with Crippen LogP contribution in [0.15, 0.2) is 54.6 Å². The van der Waals surface area contributed by atoms with Gasteiger partial charge in [0.05, 0.1) is 12.2 Å². The predicted molar refractivity (Wildman–Crippen MR) is 200 cm³/mol. The Labute approximate surface area is 297 Å². The fourth-order valence-electron chi connectivity index (χ4n) is 13.1. The minimum Gasteiger partial charge on any atom is -0.463 e. The van der Waals surface area contributed by atoms with Crippen LogP contribution in [0.3, 0.4) is 0 Å². The van der Waals surface area contributed by atoms with E-state index in [9.17, 15) is 9.59 Å². The summed E-state index contributed by atoms with van der Waals surface area (Å²) in [5.74, 6) is 2.48. The molecule has 1 aromatic carbocycles. The van der Waals surface area contributed by atoms with Crippen molar-refractivity contribution in [2.45, 2.75) is 133 Å². The lowest BCUT2D eigenvalue weighted by molar-refractivity contribution is -0.221. The van der Waals surface area contributed by atoms with Crippen LogP contribution >= 0.6 is 0 Å². The SMILES string of the molecule is C=C(C)[C@@H]1CC[C@]2(/C=C/C(=O)OCC)CC[C@]3(C)[C@H](CC[C@@H]4[C@@]5(C)CC=C(c6ccc(C(=O)OC(C)(C)C)cc6)C(C)(C)[C@@H]5CC[C@]43C)[C@@H]12. The van der Waals surface area contributed by atoms with Crippen LogP contribution in [0.4, 0.5) is 0 Å². The van der Waals surface area contributed by atoms with Gasteiger partial charge in [0.25, 0.3) is 0 Å². The number of hydrogen-bond acceptors (Lipinski definition) is 4. The Morgan fingerprint density at radius 3 is 2.22 bits per heavy atom. The van der Waals surface area contributed by atoms with Gasteiger partial charge in [0.2, 0.25) is 0 Å². The Balaban J connectivity index is 1.30. The number of carbonyl (C=O) groups is 2. The standard InChI is InChI=1S/C45H64O4/c1-12-48-37(46)22-26-45-25-19-32(29(2)3)38(45)34-17-18-36-42(9)23-20-33(30-13-15-31(16-14-30)39(47)49-40(4,5)6)41(7,8)35(42)21-24-44(36,11)43(34,10)27-28-45/h13-16,20,22,26,32,34-36,38H,2,12,17-19,21,23-25,27-28H2,1,3-11H3/b26-22+/t32-,34+,35-,36+,38+,42-,43+,44+,45-/m0/s1. The van der Waals surface area contributed by atoms with Crippen molar-refractivity contribution in [1.29, 1.82) is 0 Å². The second-order valence-corrected chi connectivity index (χ2v) is 19.1. The molecule has 0 radical (unpaired) electrons. The first kappa shape index (κ1) is 36.2. The molecule has 0 amide bonds. The van der Waals surface area contributed by atoms with Crippen molar-refractivity contribution in [2.75, 3.05) is 6.61 Å². The summed E-state index contributed by atoms with van der Waals surface area (Å²) in [5, 5.41) is 0. The van der Waals surface area contributed by atoms with Crippen molar-refractivity contribution in [3.8, 4) is 0 Å². The van der Waals surface area contributed by atoms with E-state index in [1.54, 1.807) is 6.08 Å². The zero-order valence-corrected chi connectivity index (χ0v) is 32.3. The van der Waals surface area contributed by atoms with E-state index in [0.717, 1.165) is 19.3 Å². The van der Waals surface area contributed by atoms with Crippen molar-refractivity contribution in [3.05, 3.63) is 65.8 Å². The van der Waals surface area contributed by atoms with Gasteiger partial charge in [-0.25, -0.2) is 9.59 Å². The Morgan fingerprint density at radius 1 is 0.898 bits per heavy atom. The number of esters is 2. The third kappa shape index (κ3) is 5.70. The molecule has 0 aromatic heterocycles. The maximum Gasteiger partial charge on any atom is 0.338 e. The van der Waals surface area contributed by atoms with Gasteiger partial charge in [-0.05, 0) is 172 Å². The zero-order chi connectivity index (χ0) is 35.8. The molecule has 0 spiro atoms. The summed E-state index contributed by atoms with van der Waals surface area (Å²) in [6.07, 6.45) is 17.5. The van der Waals surface area contributed by atoms with Crippen molar-refractivity contribution >= 4 is 17.5 Å². The van der Waals surface area contributed by atoms with Gasteiger partial charge in [-0.15, -0.1) is 0 Å². The van der Waals surface area contributed by atoms with Gasteiger partial charge in [0, 0.05) is 6.08 Å². The van der Waals surface area contributed by atoms with Crippen molar-refractivity contribution in [2.24, 2.45) is 56.7 Å². The lowest BCUT2D eigenvalue weighted by atomic mass is 9.32. The molecule has 5 aliphatic rings. The molecule has 0 bridgehead atoms. The topological polar surface area (TPSA) is 52.6 Å². The second-order valence-electron chi connectivity index (χ2n) is 19.1. The van der Waals surface area contributed by atoms with Gasteiger partial charge < -0.3 is 9.47 Å². The van der Waals surface area contributed by atoms with Crippen LogP contribution in [-0.4, -0.2) is 24.1 Å². The molecule has 0 unspecified atom stereocenters. The van der Waals surface area contributed by atoms with Gasteiger partial charge in [0.15, 0.2) is 0 Å². The van der Waals surface area contributed by atoms with Crippen LogP contribution < -0.4 is 0 Å². The molecular weight excluding hydrogens is 604 g/mol. The van der Waals surface area contributed by atoms with Crippen LogP contribution in [0.1, 0.15) is 143 Å². The maximum absolute atomic E-state index is 12.7. The molecule has 4 saturated carbocycles. The highest BCUT2D eigenvalue weighted by Crippen LogP contribution is 2.78. The van der Waals surface area contributed by atoms with E-state index in [-0.39, 0.29) is 39.0 Å². The van der Waals surface area contributed by atoms with Crippen molar-refractivity contribution in [1.82, 2.24) is 0 Å². The average molecular weight is 669 g/mol. The number of hydrogen-bond donors (Lipinski definition) is 0. The zero-order valence-electron chi connectivity index (χ0n) is 32.3. The summed E-state index contributed by atoms with van der Waals surface area (Å²) in [5.41, 5.74) is 4.92. The monoisotopic (exact) mass is 668 g/mol. The van der Waals surface area contributed by atoms with E-state index < -0.39 is 5.60 Å². The highest BCUT2D eigenvalue weighted by atomic mass is 16.6. The van der Waals surface area contributed by atoms with Crippen LogP contribution in [0, 0.1) is 56.7 Å². The van der Waals surface area contributed by atoms with E-state index in [4.69, 9.17) is 9.47 Å². The molecule has 0 N–H and O–H groups in total. The molecule has 0 saturated heterocycles. The molecule has 4 heteroatoms. The normalized spacial score (nSPS) is 39.6. The van der Waals surface area contributed by atoms with Gasteiger partial charge in [-0.2, -0.15) is 0 Å². The molecule has 6 rings (SSSR count). The van der Waals surface area contributed by atoms with Gasteiger partial charge in [-0.3, -0.25) is 0 Å². The third-order valence-corrected chi connectivity index (χ3v) is 15.4. The van der Waals surface area contributed by atoms with Crippen molar-refractivity contribution in [3.63, 3.8) is 0 Å². The predicted octanol–water partition coefficient (Wildman–Crippen LogP) is 11.4. The number of ether oxygens (including phenoxy) is 2. The molecule has 5 aliphatic carbocycles. The molecule has 4 fully saturated rings. The van der Waals surface area contributed by atoms with Gasteiger partial charge >= 0.3 is 11.9 Å². The van der Waals surface area contributed by atoms with E-state index in [1.807, 2.05) is 39.8 Å². The molecule has 4 nitrogen and oxygen atoms in total. The fraction of sp³-hybridized carbons (Fsp3) is 0.689. The molecule has 0 aliphatic heterocycles. The quantitative estimate of drug-likeness (QED) is 0.172. The maximum atomic E-state index is 12.7. The highest BCUT2D eigenvalue weighted by Gasteiger charge is 2.70. The fourth-order valence-corrected chi connectivity index (χ4v) is 13.1. The molecule has 1 aromatic rings. The summed E-state index contributed by atoms with van der Waals surface area (Å²) < 4.78 is 11.0. The number of fused-ring (bicyclic) bond motifs is 7. The van der Waals surface area contributed by atoms with Crippen LogP contribution in [0.25, 0.3) is 5.57 Å². The largest absolute Gasteiger partial charge is 0.463 e. The smallest absolute Gasteiger partial charge is 0.338 e. The number of allylic oxidation sites excluding steroid dienone is 4. The first-order valence-electron chi connectivity index (χ1n) is 19.4. The number of carbonyl (C=O) groups excluding carboxylic acids is 2. The van der Waals surface area contributed by atoms with E-state index in [1.165, 1.54) is 55.2 Å². The average Bonchev–Trinajstić information content (AvgIpc) is 3.40. The summed E-state index contributed by atoms with van der Waals surface area (Å²) in [4.78, 5) is 25.3. The summed E-state index contributed by atoms with van der Waals surface area (Å²) in [6, 6.07) is 8.17. The first-order valence-corrected chi connectivity index (χ1v) is 19.4. The summed E-state index contributed by atoms with van der Waals surface area (Å²) in [6.45, 7) is 27.8. The molecule has 49 heavy (non-hydrogen) atoms. The van der Waals surface area contributed by atoms with E-state index >= 15 is 0 Å². The molecule has 9 atom stereocenters. The Bertz CT molecular complexity index is 1540. The summed E-state index contributed by atoms with van der Waals surface area (Å²) in [7, 11) is 0. The molecular formula is C45H64O4. The molecule has 0 heterocycles. The molecule has 268 valence electrons. The van der Waals surface area contributed by atoms with Crippen LogP contribution in [0.2, 0.25) is 0 Å². The Hall–Kier alpha value is -2.62. The van der Waals surface area contributed by atoms with Crippen LogP contribution in [-0.2, 0) is 14.3 Å². The number of benzene rings is 1. The minimum atomic E-state index is -0.509. The minimum absolute atomic E-state index is 0.0234. The van der Waals surface area contributed by atoms with Gasteiger partial charge in [-0.1, -0.05) is 71.1 Å². The van der Waals surface area contributed by atoms with E-state index in [0.29, 0.717) is 41.8 Å². The first-order chi connectivity index (χ1) is 22.8. The van der Waals surface area contributed by atoms with Gasteiger partial charge in [0.1, 0.15) is 5.60 Å². The summed E-state index contributed by atoms with van der Waals surface area (Å²) >= 11 is 0. The highest BCUT2D eigenvalue weighted by molar-refractivity contribution is 5.90.